The third-order valence-electron chi connectivity index (χ3n) is 1.84. The summed E-state index contributed by atoms with van der Waals surface area (Å²) in [6.45, 7) is 0.753. The Bertz CT molecular complexity index is 355. The number of rotatable bonds is 4. The van der Waals surface area contributed by atoms with Gasteiger partial charge in [0, 0.05) is 18.7 Å². The maximum absolute atomic E-state index is 13.0. The maximum Gasteiger partial charge on any atom is 0.251 e. The van der Waals surface area contributed by atoms with Crippen LogP contribution in [0.1, 0.15) is 10.4 Å². The van der Waals surface area contributed by atoms with Gasteiger partial charge in [0.15, 0.2) is 11.6 Å². The number of methoxy groups -OCH3 is 1. The lowest BCUT2D eigenvalue weighted by Crippen LogP contribution is -2.28. The summed E-state index contributed by atoms with van der Waals surface area (Å²) in [5.74, 6) is -0.734. The molecule has 0 spiro atoms. The molecule has 0 heterocycles. The Labute approximate surface area is 87.2 Å². The Balaban J connectivity index is 2.81. The highest BCUT2D eigenvalue weighted by Gasteiger charge is 2.08. The third kappa shape index (κ3) is 2.92. The lowest BCUT2D eigenvalue weighted by molar-refractivity contribution is 0.0954. The molecular formula is C10H13FN2O2. The van der Waals surface area contributed by atoms with Crippen molar-refractivity contribution in [1.82, 2.24) is 5.32 Å². The molecule has 15 heavy (non-hydrogen) atoms. The van der Waals surface area contributed by atoms with Gasteiger partial charge in [-0.2, -0.15) is 0 Å². The van der Waals surface area contributed by atoms with E-state index in [0.717, 1.165) is 0 Å². The molecule has 0 saturated carbocycles. The molecule has 0 radical (unpaired) electrons. The second-order valence-corrected chi connectivity index (χ2v) is 2.89. The minimum atomic E-state index is -0.493. The Morgan fingerprint density at radius 2 is 2.33 bits per heavy atom. The fourth-order valence-corrected chi connectivity index (χ4v) is 1.09. The molecule has 0 bridgehead atoms. The normalized spacial score (nSPS) is 9.80. The van der Waals surface area contributed by atoms with Crippen molar-refractivity contribution in [2.45, 2.75) is 0 Å². The smallest absolute Gasteiger partial charge is 0.251 e. The summed E-state index contributed by atoms with van der Waals surface area (Å²) in [6.07, 6.45) is 0. The third-order valence-corrected chi connectivity index (χ3v) is 1.84. The molecule has 4 nitrogen and oxygen atoms in total. The minimum absolute atomic E-state index is 0.0513. The molecule has 0 atom stereocenters. The number of hydrogen-bond acceptors (Lipinski definition) is 3. The van der Waals surface area contributed by atoms with Crippen molar-refractivity contribution in [1.29, 1.82) is 0 Å². The fraction of sp³-hybridized carbons (Fsp3) is 0.300. The van der Waals surface area contributed by atoms with Crippen LogP contribution >= 0.6 is 0 Å². The summed E-state index contributed by atoms with van der Waals surface area (Å²) in [7, 11) is 1.35. The van der Waals surface area contributed by atoms with E-state index in [9.17, 15) is 9.18 Å². The van der Waals surface area contributed by atoms with Crippen LogP contribution in [0.4, 0.5) is 4.39 Å². The number of ether oxygens (including phenoxy) is 1. The van der Waals surface area contributed by atoms with Crippen molar-refractivity contribution >= 4 is 5.91 Å². The number of nitrogens with one attached hydrogen (secondary N) is 1. The molecule has 0 aliphatic carbocycles. The molecule has 5 heteroatoms. The predicted octanol–water partition coefficient (Wildman–Crippen LogP) is 0.523. The van der Waals surface area contributed by atoms with Gasteiger partial charge in [0.05, 0.1) is 7.11 Å². The van der Waals surface area contributed by atoms with Crippen LogP contribution < -0.4 is 15.8 Å². The summed E-state index contributed by atoms with van der Waals surface area (Å²) in [4.78, 5) is 11.4. The van der Waals surface area contributed by atoms with Crippen molar-refractivity contribution < 1.29 is 13.9 Å². The van der Waals surface area contributed by atoms with Crippen LogP contribution in [0.25, 0.3) is 0 Å². The van der Waals surface area contributed by atoms with E-state index in [0.29, 0.717) is 18.7 Å². The van der Waals surface area contributed by atoms with Crippen molar-refractivity contribution in [2.75, 3.05) is 20.2 Å². The number of halogens is 1. The molecule has 3 N–H and O–H groups in total. The van der Waals surface area contributed by atoms with Gasteiger partial charge in [0.1, 0.15) is 0 Å². The SMILES string of the molecule is COc1cc(C(=O)NCCN)ccc1F. The van der Waals surface area contributed by atoms with Crippen LogP contribution in [-0.2, 0) is 0 Å². The molecule has 1 rings (SSSR count). The molecule has 0 aliphatic heterocycles. The van der Waals surface area contributed by atoms with Crippen molar-refractivity contribution in [3.63, 3.8) is 0 Å². The van der Waals surface area contributed by atoms with Crippen LogP contribution in [0, 0.1) is 5.82 Å². The number of nitrogens with two attached hydrogens (primary N) is 1. The van der Waals surface area contributed by atoms with Crippen LogP contribution in [0.5, 0.6) is 5.75 Å². The van der Waals surface area contributed by atoms with Crippen molar-refractivity contribution in [3.8, 4) is 5.75 Å². The highest BCUT2D eigenvalue weighted by molar-refractivity contribution is 5.94. The van der Waals surface area contributed by atoms with E-state index in [-0.39, 0.29) is 11.7 Å². The monoisotopic (exact) mass is 212 g/mol. The van der Waals surface area contributed by atoms with Gasteiger partial charge in [-0.15, -0.1) is 0 Å². The zero-order chi connectivity index (χ0) is 11.3. The summed E-state index contributed by atoms with van der Waals surface area (Å²) in [5, 5.41) is 2.58. The summed E-state index contributed by atoms with van der Waals surface area (Å²) >= 11 is 0. The van der Waals surface area contributed by atoms with E-state index in [1.54, 1.807) is 0 Å². The summed E-state index contributed by atoms with van der Waals surface area (Å²) < 4.78 is 17.8. The maximum atomic E-state index is 13.0. The molecular weight excluding hydrogens is 199 g/mol. The van der Waals surface area contributed by atoms with Crippen molar-refractivity contribution in [2.24, 2.45) is 5.73 Å². The summed E-state index contributed by atoms with van der Waals surface area (Å²) in [6, 6.07) is 3.93. The molecule has 0 saturated heterocycles. The lowest BCUT2D eigenvalue weighted by Gasteiger charge is -2.06. The largest absolute Gasteiger partial charge is 0.494 e. The first-order chi connectivity index (χ1) is 7.19. The number of carbonyl (C=O) groups is 1. The van der Waals surface area contributed by atoms with Gasteiger partial charge in [0.25, 0.3) is 5.91 Å². The fourth-order valence-electron chi connectivity index (χ4n) is 1.09. The predicted molar refractivity (Wildman–Crippen MR) is 54.3 cm³/mol. The van der Waals surface area contributed by atoms with Gasteiger partial charge in [-0.1, -0.05) is 0 Å². The second kappa shape index (κ2) is 5.31. The molecule has 0 fully saturated rings. The van der Waals surface area contributed by atoms with Crippen molar-refractivity contribution in [3.05, 3.63) is 29.6 Å². The van der Waals surface area contributed by atoms with Crippen LogP contribution in [0.3, 0.4) is 0 Å². The zero-order valence-electron chi connectivity index (χ0n) is 8.42. The molecule has 1 amide bonds. The van der Waals surface area contributed by atoms with Gasteiger partial charge in [-0.25, -0.2) is 4.39 Å². The second-order valence-electron chi connectivity index (χ2n) is 2.89. The Hall–Kier alpha value is -1.62. The first kappa shape index (κ1) is 11.5. The zero-order valence-corrected chi connectivity index (χ0v) is 8.42. The summed E-state index contributed by atoms with van der Waals surface area (Å²) in [5.41, 5.74) is 5.58. The van der Waals surface area contributed by atoms with Gasteiger partial charge in [-0.05, 0) is 18.2 Å². The van der Waals surface area contributed by atoms with E-state index in [1.165, 1.54) is 25.3 Å². The Morgan fingerprint density at radius 3 is 2.93 bits per heavy atom. The minimum Gasteiger partial charge on any atom is -0.494 e. The van der Waals surface area contributed by atoms with Gasteiger partial charge in [0.2, 0.25) is 0 Å². The van der Waals surface area contributed by atoms with E-state index in [1.807, 2.05) is 0 Å². The Morgan fingerprint density at radius 1 is 1.60 bits per heavy atom. The molecule has 82 valence electrons. The molecule has 1 aromatic carbocycles. The number of carbonyl (C=O) groups excluding carboxylic acids is 1. The van der Waals surface area contributed by atoms with Crippen LogP contribution in [-0.4, -0.2) is 26.1 Å². The van der Waals surface area contributed by atoms with Crippen LogP contribution in [0.15, 0.2) is 18.2 Å². The topological polar surface area (TPSA) is 64.3 Å². The van der Waals surface area contributed by atoms with Gasteiger partial charge < -0.3 is 15.8 Å². The number of benzene rings is 1. The van der Waals surface area contributed by atoms with E-state index >= 15 is 0 Å². The van der Waals surface area contributed by atoms with E-state index in [4.69, 9.17) is 10.5 Å². The molecule has 0 aliphatic rings. The lowest BCUT2D eigenvalue weighted by atomic mass is 10.2. The molecule has 1 aromatic rings. The quantitative estimate of drug-likeness (QED) is 0.764. The standard InChI is InChI=1S/C10H13FN2O2/c1-15-9-6-7(2-3-8(9)11)10(14)13-5-4-12/h2-3,6H,4-5,12H2,1H3,(H,13,14). The van der Waals surface area contributed by atoms with E-state index in [2.05, 4.69) is 5.32 Å². The first-order valence-corrected chi connectivity index (χ1v) is 4.51. The average molecular weight is 212 g/mol. The highest BCUT2D eigenvalue weighted by Crippen LogP contribution is 2.17. The number of amides is 1. The van der Waals surface area contributed by atoms with Crippen LogP contribution in [0.2, 0.25) is 0 Å². The molecule has 0 unspecified atom stereocenters. The first-order valence-electron chi connectivity index (χ1n) is 4.51. The van der Waals surface area contributed by atoms with Gasteiger partial charge >= 0.3 is 0 Å². The van der Waals surface area contributed by atoms with Gasteiger partial charge in [-0.3, -0.25) is 4.79 Å². The average Bonchev–Trinajstić information content (AvgIpc) is 2.26. The Kier molecular flexibility index (Phi) is 4.05. The number of hydrogen-bond donors (Lipinski definition) is 2. The van der Waals surface area contributed by atoms with E-state index < -0.39 is 5.82 Å². The molecule has 0 aromatic heterocycles. The highest BCUT2D eigenvalue weighted by atomic mass is 19.1.